The lowest BCUT2D eigenvalue weighted by atomic mass is 10.1. The van der Waals surface area contributed by atoms with Gasteiger partial charge in [0.2, 0.25) is 5.82 Å². The van der Waals surface area contributed by atoms with Gasteiger partial charge in [-0.3, -0.25) is 0 Å². The molecule has 2 N–H and O–H groups in total. The van der Waals surface area contributed by atoms with E-state index in [2.05, 4.69) is 41.4 Å². The Balaban J connectivity index is 2.18. The molecule has 0 aliphatic rings. The van der Waals surface area contributed by atoms with Crippen LogP contribution in [-0.4, -0.2) is 16.7 Å². The lowest BCUT2D eigenvalue weighted by molar-refractivity contribution is -0.670. The van der Waals surface area contributed by atoms with E-state index >= 15 is 0 Å². The van der Waals surface area contributed by atoms with E-state index in [1.807, 2.05) is 12.1 Å². The summed E-state index contributed by atoms with van der Waals surface area (Å²) in [6.07, 6.45) is 0. The molecule has 4 heteroatoms. The molecule has 2 rings (SSSR count). The van der Waals surface area contributed by atoms with Crippen LogP contribution >= 0.6 is 0 Å². The fraction of sp³-hybridized carbons (Fsp3) is 0.333. The molecule has 0 spiro atoms. The van der Waals surface area contributed by atoms with Gasteiger partial charge in [-0.1, -0.05) is 28.9 Å². The van der Waals surface area contributed by atoms with Gasteiger partial charge < -0.3 is 9.84 Å². The van der Waals surface area contributed by atoms with E-state index in [-0.39, 0.29) is 0 Å². The van der Waals surface area contributed by atoms with Gasteiger partial charge in [-0.2, -0.15) is 4.98 Å². The van der Waals surface area contributed by atoms with Gasteiger partial charge in [-0.15, -0.1) is 0 Å². The smallest absolute Gasteiger partial charge is 0.282 e. The molecule has 1 aromatic heterocycles. The molecule has 0 fully saturated rings. The van der Waals surface area contributed by atoms with Crippen LogP contribution in [0.15, 0.2) is 28.8 Å². The summed E-state index contributed by atoms with van der Waals surface area (Å²) in [5.74, 6) is 1.35. The van der Waals surface area contributed by atoms with Gasteiger partial charge >= 0.3 is 0 Å². The predicted octanol–water partition coefficient (Wildman–Crippen LogP) is 1.13. The van der Waals surface area contributed by atoms with E-state index in [1.165, 1.54) is 5.56 Å². The number of rotatable bonds is 4. The first kappa shape index (κ1) is 10.8. The fourth-order valence-electron chi connectivity index (χ4n) is 1.51. The maximum Gasteiger partial charge on any atom is 0.282 e. The average molecular weight is 218 g/mol. The highest BCUT2D eigenvalue weighted by molar-refractivity contribution is 5.55. The summed E-state index contributed by atoms with van der Waals surface area (Å²) in [4.78, 5) is 4.35. The second-order valence-electron chi connectivity index (χ2n) is 3.78. The molecule has 16 heavy (non-hydrogen) atoms. The quantitative estimate of drug-likeness (QED) is 0.837. The molecule has 0 aliphatic heterocycles. The minimum absolute atomic E-state index is 0.670. The van der Waals surface area contributed by atoms with Crippen molar-refractivity contribution in [2.75, 3.05) is 6.54 Å². The lowest BCUT2D eigenvalue weighted by Crippen LogP contribution is -2.81. The van der Waals surface area contributed by atoms with Crippen molar-refractivity contribution in [3.05, 3.63) is 35.7 Å². The molecule has 1 aromatic carbocycles. The Morgan fingerprint density at radius 2 is 2.25 bits per heavy atom. The normalized spacial score (nSPS) is 10.6. The highest BCUT2D eigenvalue weighted by Gasteiger charge is 2.08. The summed E-state index contributed by atoms with van der Waals surface area (Å²) < 4.78 is 5.17. The summed E-state index contributed by atoms with van der Waals surface area (Å²) in [5, 5.41) is 6.09. The van der Waals surface area contributed by atoms with Gasteiger partial charge in [0.05, 0.1) is 6.54 Å². The molecular formula is C12H16N3O+. The predicted molar refractivity (Wildman–Crippen MR) is 60.6 cm³/mol. The van der Waals surface area contributed by atoms with Gasteiger partial charge in [0, 0.05) is 5.56 Å². The second kappa shape index (κ2) is 4.90. The van der Waals surface area contributed by atoms with Crippen molar-refractivity contribution in [1.82, 2.24) is 10.1 Å². The van der Waals surface area contributed by atoms with E-state index in [4.69, 9.17) is 4.52 Å². The number of hydrogen-bond donors (Lipinski definition) is 1. The number of aromatic nitrogens is 2. The van der Waals surface area contributed by atoms with Crippen LogP contribution in [-0.2, 0) is 6.54 Å². The zero-order chi connectivity index (χ0) is 11.4. The number of nitrogens with zero attached hydrogens (tertiary/aromatic N) is 2. The van der Waals surface area contributed by atoms with Crippen LogP contribution in [0.4, 0.5) is 0 Å². The topological polar surface area (TPSA) is 55.5 Å². The summed E-state index contributed by atoms with van der Waals surface area (Å²) in [6, 6.07) is 8.09. The molecule has 4 nitrogen and oxygen atoms in total. The van der Waals surface area contributed by atoms with Crippen molar-refractivity contribution >= 4 is 0 Å². The van der Waals surface area contributed by atoms with E-state index in [1.54, 1.807) is 0 Å². The molecule has 1 heterocycles. The number of quaternary nitrogens is 1. The first-order valence-corrected chi connectivity index (χ1v) is 5.51. The molecule has 0 aliphatic carbocycles. The molecular weight excluding hydrogens is 202 g/mol. The molecule has 0 atom stereocenters. The Morgan fingerprint density at radius 3 is 3.00 bits per heavy atom. The van der Waals surface area contributed by atoms with Gasteiger partial charge in [-0.25, -0.2) is 0 Å². The van der Waals surface area contributed by atoms with Crippen molar-refractivity contribution in [3.63, 3.8) is 0 Å². The summed E-state index contributed by atoms with van der Waals surface area (Å²) >= 11 is 0. The van der Waals surface area contributed by atoms with Gasteiger partial charge in [0.1, 0.15) is 0 Å². The average Bonchev–Trinajstić information content (AvgIpc) is 2.75. The Hall–Kier alpha value is -1.68. The van der Waals surface area contributed by atoms with E-state index in [9.17, 15) is 0 Å². The van der Waals surface area contributed by atoms with Crippen LogP contribution in [0.3, 0.4) is 0 Å². The first-order valence-electron chi connectivity index (χ1n) is 5.51. The molecule has 2 aromatic rings. The number of aryl methyl sites for hydroxylation is 1. The van der Waals surface area contributed by atoms with Crippen LogP contribution < -0.4 is 5.32 Å². The van der Waals surface area contributed by atoms with Crippen LogP contribution in [0, 0.1) is 6.92 Å². The molecule has 0 bridgehead atoms. The second-order valence-corrected chi connectivity index (χ2v) is 3.78. The fourth-order valence-corrected chi connectivity index (χ4v) is 1.51. The molecule has 84 valence electrons. The summed E-state index contributed by atoms with van der Waals surface area (Å²) in [7, 11) is 0. The first-order chi connectivity index (χ1) is 7.79. The third kappa shape index (κ3) is 2.46. The summed E-state index contributed by atoms with van der Waals surface area (Å²) in [5.41, 5.74) is 2.20. The molecule has 0 saturated carbocycles. The number of benzene rings is 1. The highest BCUT2D eigenvalue weighted by Crippen LogP contribution is 2.16. The summed E-state index contributed by atoms with van der Waals surface area (Å²) in [6.45, 7) is 5.91. The van der Waals surface area contributed by atoms with Crippen LogP contribution in [0.1, 0.15) is 18.4 Å². The maximum absolute atomic E-state index is 5.17. The van der Waals surface area contributed by atoms with Crippen LogP contribution in [0.5, 0.6) is 0 Å². The highest BCUT2D eigenvalue weighted by atomic mass is 16.5. The maximum atomic E-state index is 5.17. The molecule has 0 radical (unpaired) electrons. The monoisotopic (exact) mass is 218 g/mol. The third-order valence-electron chi connectivity index (χ3n) is 2.35. The van der Waals surface area contributed by atoms with Gasteiger partial charge in [0.15, 0.2) is 6.54 Å². The molecule has 0 amide bonds. The van der Waals surface area contributed by atoms with Crippen molar-refractivity contribution < 1.29 is 9.84 Å². The van der Waals surface area contributed by atoms with Gasteiger partial charge in [-0.05, 0) is 19.9 Å². The minimum atomic E-state index is 0.670. The van der Waals surface area contributed by atoms with Gasteiger partial charge in [0.25, 0.3) is 5.89 Å². The Morgan fingerprint density at radius 1 is 1.38 bits per heavy atom. The zero-order valence-electron chi connectivity index (χ0n) is 9.60. The molecule has 0 unspecified atom stereocenters. The Bertz CT molecular complexity index is 465. The van der Waals surface area contributed by atoms with E-state index < -0.39 is 0 Å². The Labute approximate surface area is 94.7 Å². The van der Waals surface area contributed by atoms with Crippen molar-refractivity contribution in [2.24, 2.45) is 0 Å². The number of hydrogen-bond acceptors (Lipinski definition) is 3. The largest absolute Gasteiger partial charge is 0.339 e. The van der Waals surface area contributed by atoms with Crippen molar-refractivity contribution in [1.29, 1.82) is 0 Å². The lowest BCUT2D eigenvalue weighted by Gasteiger charge is -1.95. The van der Waals surface area contributed by atoms with Crippen molar-refractivity contribution in [2.45, 2.75) is 20.4 Å². The number of nitrogens with two attached hydrogens (primary N) is 1. The van der Waals surface area contributed by atoms with E-state index in [0.29, 0.717) is 11.7 Å². The van der Waals surface area contributed by atoms with Crippen molar-refractivity contribution in [3.8, 4) is 11.4 Å². The standard InChI is InChI=1S/C12H15N3O/c1-3-13-8-11-14-12(15-16-11)10-6-4-5-9(2)7-10/h4-7,13H,3,8H2,1-2H3/p+1. The van der Waals surface area contributed by atoms with Crippen LogP contribution in [0.25, 0.3) is 11.4 Å². The Kier molecular flexibility index (Phi) is 3.31. The minimum Gasteiger partial charge on any atom is -0.339 e. The van der Waals surface area contributed by atoms with E-state index in [0.717, 1.165) is 18.7 Å². The SMILES string of the molecule is CC[NH2+]Cc1nc(-c2cccc(C)c2)no1. The van der Waals surface area contributed by atoms with Crippen LogP contribution in [0.2, 0.25) is 0 Å². The zero-order valence-corrected chi connectivity index (χ0v) is 9.60. The molecule has 0 saturated heterocycles. The third-order valence-corrected chi connectivity index (χ3v) is 2.35.